The van der Waals surface area contributed by atoms with Crippen LogP contribution < -0.4 is 10.6 Å². The Labute approximate surface area is 141 Å². The van der Waals surface area contributed by atoms with Crippen molar-refractivity contribution in [2.24, 2.45) is 0 Å². The van der Waals surface area contributed by atoms with Gasteiger partial charge in [-0.05, 0) is 31.5 Å². The van der Waals surface area contributed by atoms with Crippen LogP contribution in [0.5, 0.6) is 0 Å². The minimum absolute atomic E-state index is 0.00650. The zero-order valence-electron chi connectivity index (χ0n) is 13.9. The van der Waals surface area contributed by atoms with Gasteiger partial charge in [-0.25, -0.2) is 9.78 Å². The Morgan fingerprint density at radius 1 is 1.39 bits per heavy atom. The number of hydrogen-bond donors (Lipinski definition) is 2. The first-order valence-electron chi connectivity index (χ1n) is 7.59. The topological polar surface area (TPSA) is 63.2 Å². The highest BCUT2D eigenvalue weighted by atomic mass is 32.1. The van der Waals surface area contributed by atoms with E-state index in [1.807, 2.05) is 43.5 Å². The van der Waals surface area contributed by atoms with Gasteiger partial charge in [0, 0.05) is 36.3 Å². The van der Waals surface area contributed by atoms with E-state index in [1.165, 1.54) is 0 Å². The molecule has 0 saturated heterocycles. The maximum absolute atomic E-state index is 12.0. The summed E-state index contributed by atoms with van der Waals surface area (Å²) in [6, 6.07) is 7.44. The molecule has 0 saturated carbocycles. The number of carbonyl (C=O) groups is 1. The predicted molar refractivity (Wildman–Crippen MR) is 94.2 cm³/mol. The molecule has 0 radical (unpaired) electrons. The number of aryl methyl sites for hydroxylation is 1. The van der Waals surface area contributed by atoms with Crippen LogP contribution in [0.1, 0.15) is 42.1 Å². The monoisotopic (exact) mass is 333 g/mol. The summed E-state index contributed by atoms with van der Waals surface area (Å²) < 4.78 is 5.29. The Bertz CT molecular complexity index is 657. The van der Waals surface area contributed by atoms with Gasteiger partial charge in [0.1, 0.15) is 0 Å². The molecular formula is C17H23N3O2S. The first kappa shape index (κ1) is 17.4. The number of nitrogens with one attached hydrogen (secondary N) is 2. The van der Waals surface area contributed by atoms with Gasteiger partial charge >= 0.3 is 6.03 Å². The summed E-state index contributed by atoms with van der Waals surface area (Å²) in [5, 5.41) is 8.80. The van der Waals surface area contributed by atoms with Gasteiger partial charge in [0.05, 0.1) is 11.1 Å². The van der Waals surface area contributed by atoms with E-state index in [1.54, 1.807) is 18.4 Å². The molecule has 0 bridgehead atoms. The molecule has 5 nitrogen and oxygen atoms in total. The van der Waals surface area contributed by atoms with Gasteiger partial charge in [0.25, 0.3) is 0 Å². The van der Waals surface area contributed by atoms with Crippen molar-refractivity contribution in [3.63, 3.8) is 0 Å². The number of benzene rings is 1. The van der Waals surface area contributed by atoms with Gasteiger partial charge in [0.15, 0.2) is 0 Å². The van der Waals surface area contributed by atoms with Crippen LogP contribution in [0.4, 0.5) is 10.5 Å². The number of nitrogens with zero attached hydrogens (tertiary/aromatic N) is 1. The number of amides is 2. The summed E-state index contributed by atoms with van der Waals surface area (Å²) in [6.45, 7) is 6.55. The molecule has 1 aromatic carbocycles. The molecule has 2 N–H and O–H groups in total. The molecule has 2 rings (SSSR count). The summed E-state index contributed by atoms with van der Waals surface area (Å²) in [7, 11) is 1.67. The molecule has 1 heterocycles. The number of ether oxygens (including phenoxy) is 1. The second kappa shape index (κ2) is 8.08. The van der Waals surface area contributed by atoms with Gasteiger partial charge in [-0.2, -0.15) is 0 Å². The zero-order valence-corrected chi connectivity index (χ0v) is 14.7. The number of thiazole rings is 1. The highest BCUT2D eigenvalue weighted by Gasteiger charge is 2.11. The average Bonchev–Trinajstić information content (AvgIpc) is 2.98. The standard InChI is InChI=1S/C17H23N3O2S/c1-11(16-19-12(2)10-23-16)9-18-17(21)20-15-7-5-6-14(8-15)13(3)22-4/h5-8,10-11,13H,9H2,1-4H3,(H2,18,20,21)/t11-,13-/m1/s1. The Hall–Kier alpha value is -1.92. The van der Waals surface area contributed by atoms with Crippen molar-refractivity contribution in [2.75, 3.05) is 19.0 Å². The van der Waals surface area contributed by atoms with E-state index in [9.17, 15) is 4.79 Å². The minimum atomic E-state index is -0.215. The molecule has 2 atom stereocenters. The maximum atomic E-state index is 12.0. The molecule has 0 fully saturated rings. The van der Waals surface area contributed by atoms with Crippen LogP contribution in [-0.4, -0.2) is 24.7 Å². The normalized spacial score (nSPS) is 13.4. The van der Waals surface area contributed by atoms with E-state index in [0.29, 0.717) is 6.54 Å². The SMILES string of the molecule is CO[C@H](C)c1cccc(NC(=O)NC[C@@H](C)c2nc(C)cs2)c1. The van der Waals surface area contributed by atoms with Gasteiger partial charge in [-0.1, -0.05) is 19.1 Å². The van der Waals surface area contributed by atoms with E-state index in [4.69, 9.17) is 4.74 Å². The van der Waals surface area contributed by atoms with Gasteiger partial charge in [-0.3, -0.25) is 0 Å². The van der Waals surface area contributed by atoms with Crippen molar-refractivity contribution in [1.29, 1.82) is 0 Å². The first-order valence-corrected chi connectivity index (χ1v) is 8.47. The molecule has 124 valence electrons. The molecular weight excluding hydrogens is 310 g/mol. The molecule has 0 aliphatic rings. The fraction of sp³-hybridized carbons (Fsp3) is 0.412. The van der Waals surface area contributed by atoms with Crippen molar-refractivity contribution in [3.8, 4) is 0 Å². The van der Waals surface area contributed by atoms with Crippen LogP contribution >= 0.6 is 11.3 Å². The third-order valence-electron chi connectivity index (χ3n) is 3.59. The number of anilines is 1. The molecule has 0 aliphatic carbocycles. The van der Waals surface area contributed by atoms with Crippen LogP contribution in [0, 0.1) is 6.92 Å². The van der Waals surface area contributed by atoms with E-state index in [2.05, 4.69) is 22.5 Å². The lowest BCUT2D eigenvalue weighted by Crippen LogP contribution is -2.31. The van der Waals surface area contributed by atoms with E-state index in [0.717, 1.165) is 22.0 Å². The van der Waals surface area contributed by atoms with Gasteiger partial charge in [-0.15, -0.1) is 11.3 Å². The molecule has 1 aromatic heterocycles. The smallest absolute Gasteiger partial charge is 0.319 e. The quantitative estimate of drug-likeness (QED) is 0.837. The Morgan fingerprint density at radius 2 is 2.17 bits per heavy atom. The Kier molecular flexibility index (Phi) is 6.12. The highest BCUT2D eigenvalue weighted by molar-refractivity contribution is 7.09. The molecule has 2 aromatic rings. The van der Waals surface area contributed by atoms with Crippen LogP contribution in [0.3, 0.4) is 0 Å². The van der Waals surface area contributed by atoms with Crippen LogP contribution in [-0.2, 0) is 4.74 Å². The van der Waals surface area contributed by atoms with Crippen molar-refractivity contribution >= 4 is 23.1 Å². The van der Waals surface area contributed by atoms with Crippen molar-refractivity contribution in [2.45, 2.75) is 32.8 Å². The van der Waals surface area contributed by atoms with Crippen molar-refractivity contribution in [1.82, 2.24) is 10.3 Å². The molecule has 0 unspecified atom stereocenters. The number of urea groups is 1. The summed E-state index contributed by atoms with van der Waals surface area (Å²) in [5.74, 6) is 0.194. The zero-order chi connectivity index (χ0) is 16.8. The van der Waals surface area contributed by atoms with Crippen LogP contribution in [0.25, 0.3) is 0 Å². The number of rotatable bonds is 6. The van der Waals surface area contributed by atoms with Crippen molar-refractivity contribution < 1.29 is 9.53 Å². The van der Waals surface area contributed by atoms with Crippen LogP contribution in [0.15, 0.2) is 29.6 Å². The first-order chi connectivity index (χ1) is 11.0. The number of hydrogen-bond acceptors (Lipinski definition) is 4. The lowest BCUT2D eigenvalue weighted by Gasteiger charge is -2.13. The Morgan fingerprint density at radius 3 is 2.83 bits per heavy atom. The maximum Gasteiger partial charge on any atom is 0.319 e. The average molecular weight is 333 g/mol. The summed E-state index contributed by atoms with van der Waals surface area (Å²) in [5.41, 5.74) is 2.80. The molecule has 23 heavy (non-hydrogen) atoms. The summed E-state index contributed by atoms with van der Waals surface area (Å²) in [4.78, 5) is 16.5. The second-order valence-electron chi connectivity index (χ2n) is 5.57. The fourth-order valence-electron chi connectivity index (χ4n) is 2.11. The molecule has 6 heteroatoms. The van der Waals surface area contributed by atoms with E-state index < -0.39 is 0 Å². The number of carbonyl (C=O) groups excluding carboxylic acids is 1. The predicted octanol–water partition coefficient (Wildman–Crippen LogP) is 4.08. The van der Waals surface area contributed by atoms with Crippen LogP contribution in [0.2, 0.25) is 0 Å². The lowest BCUT2D eigenvalue weighted by atomic mass is 10.1. The van der Waals surface area contributed by atoms with E-state index >= 15 is 0 Å². The molecule has 0 aliphatic heterocycles. The fourth-order valence-corrected chi connectivity index (χ4v) is 2.97. The number of aromatic nitrogens is 1. The number of methoxy groups -OCH3 is 1. The summed E-state index contributed by atoms with van der Waals surface area (Å²) in [6.07, 6.45) is -0.00650. The van der Waals surface area contributed by atoms with Gasteiger partial charge in [0.2, 0.25) is 0 Å². The molecule has 2 amide bonds. The summed E-state index contributed by atoms with van der Waals surface area (Å²) >= 11 is 1.62. The molecule has 0 spiro atoms. The van der Waals surface area contributed by atoms with Gasteiger partial charge < -0.3 is 15.4 Å². The Balaban J connectivity index is 1.87. The largest absolute Gasteiger partial charge is 0.377 e. The third-order valence-corrected chi connectivity index (χ3v) is 4.79. The highest BCUT2D eigenvalue weighted by Crippen LogP contribution is 2.20. The lowest BCUT2D eigenvalue weighted by molar-refractivity contribution is 0.119. The minimum Gasteiger partial charge on any atom is -0.377 e. The third kappa shape index (κ3) is 5.04. The van der Waals surface area contributed by atoms with E-state index in [-0.39, 0.29) is 18.1 Å². The second-order valence-corrected chi connectivity index (χ2v) is 6.46. The van der Waals surface area contributed by atoms with Crippen molar-refractivity contribution in [3.05, 3.63) is 45.9 Å².